The highest BCUT2D eigenvalue weighted by molar-refractivity contribution is 9.10. The van der Waals surface area contributed by atoms with Gasteiger partial charge in [-0.1, -0.05) is 63.2 Å². The van der Waals surface area contributed by atoms with E-state index in [1.54, 1.807) is 22.4 Å². The maximum absolute atomic E-state index is 14.4. The second-order valence-corrected chi connectivity index (χ2v) is 21.0. The van der Waals surface area contributed by atoms with E-state index >= 15 is 0 Å². The van der Waals surface area contributed by atoms with Crippen LogP contribution in [0.15, 0.2) is 89.5 Å². The monoisotopic (exact) mass is 1090 g/mol. The Morgan fingerprint density at radius 3 is 2.42 bits per heavy atom. The lowest BCUT2D eigenvalue weighted by atomic mass is 9.84. The van der Waals surface area contributed by atoms with Crippen LogP contribution in [0.4, 0.5) is 17.5 Å². The number of aromatic nitrogens is 3. The first kappa shape index (κ1) is 54.2. The van der Waals surface area contributed by atoms with E-state index in [2.05, 4.69) is 53.4 Å². The lowest BCUT2D eigenvalue weighted by molar-refractivity contribution is -0.143. The third-order valence-electron chi connectivity index (χ3n) is 13.6. The Kier molecular flexibility index (Phi) is 18.9. The summed E-state index contributed by atoms with van der Waals surface area (Å²) < 4.78 is 24.5. The minimum absolute atomic E-state index is 0.0722. The number of hydrogen-bond donors (Lipinski definition) is 4. The number of halogens is 1. The molecule has 3 aliphatic rings. The predicted octanol–water partition coefficient (Wildman–Crippen LogP) is 8.06. The van der Waals surface area contributed by atoms with Crippen LogP contribution in [0.3, 0.4) is 0 Å². The fourth-order valence-electron chi connectivity index (χ4n) is 9.42. The SMILES string of the molecule is C=C1c2ccccc2CN1[C@H](C(=O)N1C[C@H](O)C[C@H]1C(=O)NCc1ccc(-c2scnc2C)cc1OCCOCCOCCOc1ccc(Nc2ncc(Br)c(NCCCN(C)C(=O)C3CCC3)n2)cc1)C(C)C. The molecular formula is C55H68BrN9O8S. The molecule has 0 spiro atoms. The van der Waals surface area contributed by atoms with E-state index < -0.39 is 18.2 Å². The van der Waals surface area contributed by atoms with E-state index in [1.807, 2.05) is 110 Å². The first-order chi connectivity index (χ1) is 35.8. The first-order valence-electron chi connectivity index (χ1n) is 25.5. The average molecular weight is 1100 g/mol. The number of nitrogens with one attached hydrogen (secondary N) is 3. The van der Waals surface area contributed by atoms with E-state index in [0.29, 0.717) is 75.9 Å². The van der Waals surface area contributed by atoms with Crippen LogP contribution < -0.4 is 25.4 Å². The number of carbonyl (C=O) groups is 3. The lowest BCUT2D eigenvalue weighted by Gasteiger charge is -2.36. The molecule has 3 aromatic carbocycles. The zero-order valence-electron chi connectivity index (χ0n) is 42.7. The van der Waals surface area contributed by atoms with Crippen LogP contribution in [-0.4, -0.2) is 137 Å². The lowest BCUT2D eigenvalue weighted by Crippen LogP contribution is -2.54. The summed E-state index contributed by atoms with van der Waals surface area (Å²) in [6.07, 6.45) is 4.99. The number of carbonyl (C=O) groups excluding carboxylic acids is 3. The van der Waals surface area contributed by atoms with E-state index in [1.165, 1.54) is 0 Å². The number of aryl methyl sites for hydroxylation is 1. The van der Waals surface area contributed by atoms with Crippen molar-refractivity contribution in [3.63, 3.8) is 0 Å². The number of aliphatic hydroxyl groups is 1. The summed E-state index contributed by atoms with van der Waals surface area (Å²) in [6, 6.07) is 20.0. The van der Waals surface area contributed by atoms with Crippen LogP contribution in [-0.2, 0) is 36.9 Å². The molecule has 3 atom stereocenters. The molecule has 2 aliphatic heterocycles. The average Bonchev–Trinajstić information content (AvgIpc) is 4.09. The Morgan fingerprint density at radius 2 is 1.72 bits per heavy atom. The number of anilines is 3. The molecule has 74 heavy (non-hydrogen) atoms. The van der Waals surface area contributed by atoms with Crippen molar-refractivity contribution < 1.29 is 38.4 Å². The molecule has 1 aliphatic carbocycles. The molecule has 1 saturated heterocycles. The van der Waals surface area contributed by atoms with Gasteiger partial charge in [-0.2, -0.15) is 4.98 Å². The van der Waals surface area contributed by atoms with Crippen LogP contribution in [0, 0.1) is 18.8 Å². The molecule has 0 unspecified atom stereocenters. The van der Waals surface area contributed by atoms with Crippen molar-refractivity contribution >= 4 is 68.1 Å². The molecule has 0 bridgehead atoms. The van der Waals surface area contributed by atoms with E-state index in [9.17, 15) is 19.5 Å². The van der Waals surface area contributed by atoms with Gasteiger partial charge in [-0.25, -0.2) is 9.97 Å². The van der Waals surface area contributed by atoms with Gasteiger partial charge < -0.3 is 54.7 Å². The molecule has 0 radical (unpaired) electrons. The fraction of sp³-hybridized carbons (Fsp3) is 0.455. The number of aliphatic hydroxyl groups excluding tert-OH is 1. The summed E-state index contributed by atoms with van der Waals surface area (Å²) in [6.45, 7) is 14.5. The largest absolute Gasteiger partial charge is 0.491 e. The molecule has 4 heterocycles. The van der Waals surface area contributed by atoms with Gasteiger partial charge in [-0.3, -0.25) is 14.4 Å². The van der Waals surface area contributed by atoms with Crippen LogP contribution in [0.25, 0.3) is 16.1 Å². The molecule has 4 N–H and O–H groups in total. The van der Waals surface area contributed by atoms with Crippen LogP contribution >= 0.6 is 27.3 Å². The second-order valence-electron chi connectivity index (χ2n) is 19.3. The summed E-state index contributed by atoms with van der Waals surface area (Å²) in [4.78, 5) is 60.6. The Morgan fingerprint density at radius 1 is 0.973 bits per heavy atom. The van der Waals surface area contributed by atoms with Gasteiger partial charge in [-0.05, 0) is 89.5 Å². The minimum atomic E-state index is -0.833. The number of hydrogen-bond acceptors (Lipinski definition) is 15. The molecule has 2 fully saturated rings. The van der Waals surface area contributed by atoms with Gasteiger partial charge in [-0.15, -0.1) is 11.3 Å². The number of amides is 3. The molecular weight excluding hydrogens is 1030 g/mol. The summed E-state index contributed by atoms with van der Waals surface area (Å²) in [7, 11) is 1.88. The van der Waals surface area contributed by atoms with Crippen molar-refractivity contribution in [3.8, 4) is 21.9 Å². The Bertz CT molecular complexity index is 2720. The topological polar surface area (TPSA) is 193 Å². The number of ether oxygens (including phenoxy) is 4. The quantitative estimate of drug-likeness (QED) is 0.0389. The Balaban J connectivity index is 0.748. The van der Waals surface area contributed by atoms with Crippen LogP contribution in [0.2, 0.25) is 0 Å². The number of fused-ring (bicyclic) bond motifs is 1. The highest BCUT2D eigenvalue weighted by Crippen LogP contribution is 2.37. The van der Waals surface area contributed by atoms with Crippen LogP contribution in [0.1, 0.15) is 68.3 Å². The van der Waals surface area contributed by atoms with Gasteiger partial charge in [0, 0.05) is 80.8 Å². The number of thiazole rings is 1. The van der Waals surface area contributed by atoms with Gasteiger partial charge >= 0.3 is 0 Å². The molecule has 2 aromatic heterocycles. The van der Waals surface area contributed by atoms with Crippen molar-refractivity contribution in [2.24, 2.45) is 11.8 Å². The highest BCUT2D eigenvalue weighted by Gasteiger charge is 2.44. The van der Waals surface area contributed by atoms with Crippen molar-refractivity contribution in [2.75, 3.05) is 77.0 Å². The molecule has 3 amide bonds. The van der Waals surface area contributed by atoms with Gasteiger partial charge in [0.25, 0.3) is 0 Å². The molecule has 5 aromatic rings. The number of benzene rings is 3. The minimum Gasteiger partial charge on any atom is -0.491 e. The number of likely N-dealkylation sites (tertiary alicyclic amines) is 1. The molecule has 1 saturated carbocycles. The first-order valence-corrected chi connectivity index (χ1v) is 27.1. The van der Waals surface area contributed by atoms with E-state index in [-0.39, 0.29) is 55.7 Å². The smallest absolute Gasteiger partial charge is 0.246 e. The molecule has 394 valence electrons. The van der Waals surface area contributed by atoms with Crippen molar-refractivity contribution in [1.29, 1.82) is 0 Å². The number of nitrogens with zero attached hydrogens (tertiary/aromatic N) is 6. The maximum atomic E-state index is 14.4. The van der Waals surface area contributed by atoms with Crippen molar-refractivity contribution in [2.45, 2.75) is 84.2 Å². The number of β-amino-alcohol motifs (C(OH)–C–C–N with tert-alkyl or cyclic N) is 1. The van der Waals surface area contributed by atoms with Crippen molar-refractivity contribution in [1.82, 2.24) is 35.0 Å². The molecule has 17 nitrogen and oxygen atoms in total. The van der Waals surface area contributed by atoms with Gasteiger partial charge in [0.2, 0.25) is 23.7 Å². The second kappa shape index (κ2) is 25.9. The Hall–Kier alpha value is -6.12. The Labute approximate surface area is 446 Å². The maximum Gasteiger partial charge on any atom is 0.246 e. The third-order valence-corrected chi connectivity index (χ3v) is 15.2. The molecule has 19 heteroatoms. The van der Waals surface area contributed by atoms with Gasteiger partial charge in [0.1, 0.15) is 42.6 Å². The third kappa shape index (κ3) is 13.8. The van der Waals surface area contributed by atoms with Crippen LogP contribution in [0.5, 0.6) is 11.5 Å². The van der Waals surface area contributed by atoms with E-state index in [0.717, 1.165) is 74.4 Å². The van der Waals surface area contributed by atoms with E-state index in [4.69, 9.17) is 18.9 Å². The predicted molar refractivity (Wildman–Crippen MR) is 290 cm³/mol. The summed E-state index contributed by atoms with van der Waals surface area (Å²) in [5.41, 5.74) is 8.14. The standard InChI is InChI=1S/C55H68BrN9O8S/c1-35(2)49(64-32-41-10-6-7-13-45(41)37(64)4)54(69)65-33-43(66)29-47(65)52(67)58-30-40-15-14-39(50-36(3)60-34-74-50)28-48(40)73-27-25-71-23-22-70-24-26-72-44-18-16-42(17-19-44)61-55-59-31-46(56)51(62-55)57-20-9-21-63(5)53(68)38-11-8-12-38/h6-7,10,13-19,28,31,34-35,38,43,47,49,66H,4,8-9,11-12,20-27,29-30,32-33H2,1-3,5H3,(H,58,67)(H2,57,59,61,62)/t43-,47+,49+/m1/s1. The highest BCUT2D eigenvalue weighted by atomic mass is 79.9. The van der Waals surface area contributed by atoms with Gasteiger partial charge in [0.05, 0.1) is 53.1 Å². The normalized spacial score (nSPS) is 16.7. The molecule has 8 rings (SSSR count). The summed E-state index contributed by atoms with van der Waals surface area (Å²) in [5.74, 6) is 2.25. The summed E-state index contributed by atoms with van der Waals surface area (Å²) >= 11 is 5.07. The zero-order valence-corrected chi connectivity index (χ0v) is 45.1. The number of rotatable bonds is 26. The van der Waals surface area contributed by atoms with Crippen molar-refractivity contribution in [3.05, 3.63) is 112 Å². The zero-order chi connectivity index (χ0) is 52.1. The van der Waals surface area contributed by atoms with Gasteiger partial charge in [0.15, 0.2) is 0 Å². The summed E-state index contributed by atoms with van der Waals surface area (Å²) in [5, 5.41) is 20.4. The fourth-order valence-corrected chi connectivity index (χ4v) is 10.5.